The van der Waals surface area contributed by atoms with Crippen LogP contribution in [0, 0.1) is 0 Å². The van der Waals surface area contributed by atoms with Gasteiger partial charge >= 0.3 is 0 Å². The molecule has 0 spiro atoms. The van der Waals surface area contributed by atoms with Gasteiger partial charge in [0.25, 0.3) is 0 Å². The summed E-state index contributed by atoms with van der Waals surface area (Å²) in [6.07, 6.45) is 6.69. The Balaban J connectivity index is 2.15. The first-order valence-corrected chi connectivity index (χ1v) is 6.12. The van der Waals surface area contributed by atoms with E-state index in [4.69, 9.17) is 0 Å². The van der Waals surface area contributed by atoms with Crippen LogP contribution in [0.3, 0.4) is 0 Å². The van der Waals surface area contributed by atoms with Crippen molar-refractivity contribution in [2.75, 3.05) is 0 Å². The van der Waals surface area contributed by atoms with Gasteiger partial charge in [-0.2, -0.15) is 0 Å². The van der Waals surface area contributed by atoms with Crippen LogP contribution in [0.2, 0.25) is 0 Å². The minimum atomic E-state index is 0.290. The topological polar surface area (TPSA) is 40.5 Å². The lowest BCUT2D eigenvalue weighted by Gasteiger charge is -2.13. The lowest BCUT2D eigenvalue weighted by Crippen LogP contribution is -1.96. The van der Waals surface area contributed by atoms with Crippen LogP contribution < -0.4 is 0 Å². The van der Waals surface area contributed by atoms with Gasteiger partial charge in [-0.05, 0) is 54.2 Å². The molecule has 1 unspecified atom stereocenters. The Hall–Kier alpha value is -1.96. The van der Waals surface area contributed by atoms with Gasteiger partial charge in [0, 0.05) is 0 Å². The first kappa shape index (κ1) is 12.5. The number of aliphatic hydroxyl groups excluding tert-OH is 1. The molecular formula is C16H18O2. The van der Waals surface area contributed by atoms with Crippen LogP contribution in [0.15, 0.2) is 59.4 Å². The molecule has 0 aromatic heterocycles. The molecule has 0 heterocycles. The monoisotopic (exact) mass is 242 g/mol. The molecule has 2 N–H and O–H groups in total. The highest BCUT2D eigenvalue weighted by atomic mass is 16.3. The van der Waals surface area contributed by atoms with E-state index in [0.717, 1.165) is 12.0 Å². The number of aromatic hydroxyl groups is 1. The minimum Gasteiger partial charge on any atom is -0.508 e. The fourth-order valence-corrected chi connectivity index (χ4v) is 2.09. The molecular weight excluding hydrogens is 224 g/mol. The average molecular weight is 242 g/mol. The van der Waals surface area contributed by atoms with E-state index in [2.05, 4.69) is 13.0 Å². The van der Waals surface area contributed by atoms with E-state index in [1.54, 1.807) is 18.2 Å². The molecule has 1 atom stereocenters. The van der Waals surface area contributed by atoms with Crippen molar-refractivity contribution >= 4 is 0 Å². The van der Waals surface area contributed by atoms with Crippen molar-refractivity contribution in [1.82, 2.24) is 0 Å². The molecule has 0 bridgehead atoms. The van der Waals surface area contributed by atoms with Crippen molar-refractivity contribution in [2.24, 2.45) is 0 Å². The van der Waals surface area contributed by atoms with Crippen LogP contribution >= 0.6 is 0 Å². The molecule has 94 valence electrons. The Morgan fingerprint density at radius 1 is 1.11 bits per heavy atom. The number of hydrogen-bond acceptors (Lipinski definition) is 2. The van der Waals surface area contributed by atoms with E-state index in [1.165, 1.54) is 11.1 Å². The van der Waals surface area contributed by atoms with Crippen molar-refractivity contribution in [1.29, 1.82) is 0 Å². The van der Waals surface area contributed by atoms with Gasteiger partial charge in [0.15, 0.2) is 0 Å². The first-order valence-electron chi connectivity index (χ1n) is 6.12. The van der Waals surface area contributed by atoms with Crippen LogP contribution in [0.4, 0.5) is 0 Å². The third-order valence-corrected chi connectivity index (χ3v) is 3.24. The van der Waals surface area contributed by atoms with Gasteiger partial charge in [0.05, 0.1) is 0 Å². The Labute approximate surface area is 108 Å². The van der Waals surface area contributed by atoms with Crippen molar-refractivity contribution in [2.45, 2.75) is 26.2 Å². The number of hydrogen-bond donors (Lipinski definition) is 2. The zero-order valence-corrected chi connectivity index (χ0v) is 10.7. The summed E-state index contributed by atoms with van der Waals surface area (Å²) in [5.74, 6) is 0.961. The Kier molecular flexibility index (Phi) is 3.56. The van der Waals surface area contributed by atoms with E-state index in [9.17, 15) is 10.2 Å². The fraction of sp³-hybridized carbons (Fsp3) is 0.250. The molecule has 0 saturated heterocycles. The van der Waals surface area contributed by atoms with Gasteiger partial charge < -0.3 is 10.2 Å². The van der Waals surface area contributed by atoms with E-state index in [0.29, 0.717) is 17.4 Å². The van der Waals surface area contributed by atoms with Crippen LogP contribution in [-0.2, 0) is 0 Å². The summed E-state index contributed by atoms with van der Waals surface area (Å²) < 4.78 is 0. The van der Waals surface area contributed by atoms with Crippen LogP contribution in [0.5, 0.6) is 5.75 Å². The largest absolute Gasteiger partial charge is 0.508 e. The molecule has 1 aromatic rings. The predicted octanol–water partition coefficient (Wildman–Crippen LogP) is 4.21. The lowest BCUT2D eigenvalue weighted by atomic mass is 9.93. The van der Waals surface area contributed by atoms with Gasteiger partial charge in [-0.1, -0.05) is 31.2 Å². The maximum Gasteiger partial charge on any atom is 0.115 e. The Morgan fingerprint density at radius 3 is 2.39 bits per heavy atom. The van der Waals surface area contributed by atoms with Gasteiger partial charge in [-0.3, -0.25) is 0 Å². The van der Waals surface area contributed by atoms with Crippen LogP contribution in [0.25, 0.3) is 0 Å². The standard InChI is InChI=1S/C16H18O2/c1-11(14-4-6-15(17)7-5-14)9-13-3-8-16(18)12(2)10-13/h3-9,11,17-18H,10H2,1-2H3. The molecule has 18 heavy (non-hydrogen) atoms. The summed E-state index contributed by atoms with van der Waals surface area (Å²) in [6.45, 7) is 4.07. The zero-order chi connectivity index (χ0) is 13.1. The van der Waals surface area contributed by atoms with Gasteiger partial charge in [-0.25, -0.2) is 0 Å². The van der Waals surface area contributed by atoms with Crippen molar-refractivity contribution in [3.05, 3.63) is 65.0 Å². The summed E-state index contributed by atoms with van der Waals surface area (Å²) in [5, 5.41) is 18.8. The number of rotatable bonds is 2. The average Bonchev–Trinajstić information content (AvgIpc) is 2.34. The molecule has 1 aromatic carbocycles. The van der Waals surface area contributed by atoms with Gasteiger partial charge in [0.2, 0.25) is 0 Å². The van der Waals surface area contributed by atoms with Crippen molar-refractivity contribution in [3.8, 4) is 5.75 Å². The van der Waals surface area contributed by atoms with E-state index in [1.807, 2.05) is 25.1 Å². The zero-order valence-electron chi connectivity index (χ0n) is 10.7. The molecule has 0 amide bonds. The van der Waals surface area contributed by atoms with Gasteiger partial charge in [0.1, 0.15) is 11.5 Å². The second kappa shape index (κ2) is 5.13. The van der Waals surface area contributed by atoms with E-state index >= 15 is 0 Å². The summed E-state index contributed by atoms with van der Waals surface area (Å²) in [5.41, 5.74) is 3.39. The van der Waals surface area contributed by atoms with E-state index < -0.39 is 0 Å². The summed E-state index contributed by atoms with van der Waals surface area (Å²) in [7, 11) is 0. The van der Waals surface area contributed by atoms with Crippen molar-refractivity contribution in [3.63, 3.8) is 0 Å². The molecule has 2 heteroatoms. The number of benzene rings is 1. The third kappa shape index (κ3) is 2.83. The number of phenolic OH excluding ortho intramolecular Hbond substituents is 1. The molecule has 1 aliphatic rings. The summed E-state index contributed by atoms with van der Waals surface area (Å²) in [6, 6.07) is 7.28. The highest BCUT2D eigenvalue weighted by Gasteiger charge is 2.09. The highest BCUT2D eigenvalue weighted by Crippen LogP contribution is 2.26. The Bertz CT molecular complexity index is 519. The second-order valence-corrected chi connectivity index (χ2v) is 4.80. The molecule has 0 aliphatic heterocycles. The van der Waals surface area contributed by atoms with Gasteiger partial charge in [-0.15, -0.1) is 0 Å². The number of aliphatic hydroxyl groups is 1. The molecule has 0 radical (unpaired) electrons. The predicted molar refractivity (Wildman–Crippen MR) is 73.7 cm³/mol. The van der Waals surface area contributed by atoms with Crippen molar-refractivity contribution < 1.29 is 10.2 Å². The minimum absolute atomic E-state index is 0.290. The molecule has 2 nitrogen and oxygen atoms in total. The van der Waals surface area contributed by atoms with E-state index in [-0.39, 0.29) is 0 Å². The SMILES string of the molecule is CC1=C(O)C=CC(=CC(C)c2ccc(O)cc2)C1. The quantitative estimate of drug-likeness (QED) is 0.815. The maximum atomic E-state index is 9.51. The number of allylic oxidation sites excluding steroid dienone is 5. The normalized spacial score (nSPS) is 19.3. The highest BCUT2D eigenvalue weighted by molar-refractivity contribution is 5.39. The first-order chi connectivity index (χ1) is 8.56. The third-order valence-electron chi connectivity index (χ3n) is 3.24. The second-order valence-electron chi connectivity index (χ2n) is 4.80. The number of phenols is 1. The molecule has 2 rings (SSSR count). The lowest BCUT2D eigenvalue weighted by molar-refractivity contribution is 0.422. The molecule has 1 aliphatic carbocycles. The van der Waals surface area contributed by atoms with Crippen LogP contribution in [0.1, 0.15) is 31.7 Å². The fourth-order valence-electron chi connectivity index (χ4n) is 2.09. The Morgan fingerprint density at radius 2 is 1.78 bits per heavy atom. The van der Waals surface area contributed by atoms with Crippen LogP contribution in [-0.4, -0.2) is 10.2 Å². The smallest absolute Gasteiger partial charge is 0.115 e. The molecule has 0 fully saturated rings. The maximum absolute atomic E-state index is 9.51. The molecule has 0 saturated carbocycles. The summed E-state index contributed by atoms with van der Waals surface area (Å²) >= 11 is 0. The summed E-state index contributed by atoms with van der Waals surface area (Å²) in [4.78, 5) is 0.